The molecule has 0 unspecified atom stereocenters. The highest BCUT2D eigenvalue weighted by Gasteiger charge is 2.18. The molecule has 2 aromatic rings. The monoisotopic (exact) mass is 310 g/mol. The maximum atomic E-state index is 12.1. The summed E-state index contributed by atoms with van der Waals surface area (Å²) in [7, 11) is -3.81. The molecule has 0 saturated carbocycles. The fourth-order valence-corrected chi connectivity index (χ4v) is 2.84. The Bertz CT molecular complexity index is 738. The summed E-state index contributed by atoms with van der Waals surface area (Å²) in [5.41, 5.74) is 1.00. The van der Waals surface area contributed by atoms with Gasteiger partial charge in [-0.25, -0.2) is 17.9 Å². The normalized spacial score (nSPS) is 11.5. The van der Waals surface area contributed by atoms with E-state index in [-0.39, 0.29) is 17.0 Å². The van der Waals surface area contributed by atoms with Crippen LogP contribution in [0, 0.1) is 0 Å². The average molecular weight is 310 g/mol. The lowest BCUT2D eigenvalue weighted by Crippen LogP contribution is -2.23. The van der Waals surface area contributed by atoms with Crippen LogP contribution < -0.4 is 4.72 Å². The van der Waals surface area contributed by atoms with Crippen molar-refractivity contribution in [3.8, 4) is 0 Å². The minimum atomic E-state index is -3.81. The number of aromatic nitrogens is 1. The van der Waals surface area contributed by atoms with Crippen LogP contribution >= 0.6 is 0 Å². The number of hydrogen-bond acceptors (Lipinski definition) is 5. The summed E-state index contributed by atoms with van der Waals surface area (Å²) in [6.07, 6.45) is 1.84. The van der Waals surface area contributed by atoms with Gasteiger partial charge >= 0.3 is 5.97 Å². The smallest absolute Gasteiger partial charge is 0.336 e. The summed E-state index contributed by atoms with van der Waals surface area (Å²) in [6, 6.07) is 5.59. The predicted octanol–water partition coefficient (Wildman–Crippen LogP) is 1.41. The lowest BCUT2D eigenvalue weighted by molar-refractivity contribution is 0.0695. The summed E-state index contributed by atoms with van der Waals surface area (Å²) in [5, 5.41) is 12.7. The molecule has 21 heavy (non-hydrogen) atoms. The van der Waals surface area contributed by atoms with Gasteiger partial charge in [-0.2, -0.15) is 0 Å². The summed E-state index contributed by atoms with van der Waals surface area (Å²) in [6.45, 7) is 1.77. The second-order valence-electron chi connectivity index (χ2n) is 4.29. The van der Waals surface area contributed by atoms with E-state index in [0.717, 1.165) is 6.07 Å². The van der Waals surface area contributed by atoms with Crippen molar-refractivity contribution in [2.75, 3.05) is 0 Å². The Balaban J connectivity index is 2.27. The van der Waals surface area contributed by atoms with Crippen molar-refractivity contribution in [1.29, 1.82) is 0 Å². The standard InChI is InChI=1S/C13H14N2O5S/c1-2-9-3-4-11(7-12(9)13(16)17)21(18,19)14-8-10-5-6-20-15-10/h3-7,14H,2,8H2,1H3,(H,16,17). The molecule has 1 aromatic heterocycles. The molecular formula is C13H14N2O5S. The van der Waals surface area contributed by atoms with Gasteiger partial charge in [0.15, 0.2) is 0 Å². The fraction of sp³-hybridized carbons (Fsp3) is 0.231. The summed E-state index contributed by atoms with van der Waals surface area (Å²) in [4.78, 5) is 11.1. The Morgan fingerprint density at radius 1 is 1.38 bits per heavy atom. The number of rotatable bonds is 6. The molecule has 0 spiro atoms. The molecule has 1 aromatic carbocycles. The number of hydrogen-bond donors (Lipinski definition) is 2. The molecule has 2 N–H and O–H groups in total. The molecule has 0 aliphatic heterocycles. The number of carboxylic acid groups (broad SMARTS) is 1. The number of carboxylic acids is 1. The maximum Gasteiger partial charge on any atom is 0.336 e. The van der Waals surface area contributed by atoms with Crippen LogP contribution in [0.3, 0.4) is 0 Å². The van der Waals surface area contributed by atoms with Gasteiger partial charge in [0.25, 0.3) is 0 Å². The third-order valence-electron chi connectivity index (χ3n) is 2.94. The molecule has 8 heteroatoms. The number of nitrogens with zero attached hydrogens (tertiary/aromatic N) is 1. The summed E-state index contributed by atoms with van der Waals surface area (Å²) >= 11 is 0. The third kappa shape index (κ3) is 3.47. The van der Waals surface area contributed by atoms with Crippen LogP contribution in [0.4, 0.5) is 0 Å². The third-order valence-corrected chi connectivity index (χ3v) is 4.34. The number of sulfonamides is 1. The zero-order chi connectivity index (χ0) is 15.5. The first-order valence-corrected chi connectivity index (χ1v) is 7.67. The minimum Gasteiger partial charge on any atom is -0.478 e. The predicted molar refractivity (Wildman–Crippen MR) is 73.3 cm³/mol. The second kappa shape index (κ2) is 6.06. The second-order valence-corrected chi connectivity index (χ2v) is 6.06. The molecule has 2 rings (SSSR count). The van der Waals surface area contributed by atoms with Crippen molar-refractivity contribution in [3.05, 3.63) is 47.3 Å². The molecular weight excluding hydrogens is 296 g/mol. The largest absolute Gasteiger partial charge is 0.478 e. The first-order chi connectivity index (χ1) is 9.94. The fourth-order valence-electron chi connectivity index (χ4n) is 1.81. The van der Waals surface area contributed by atoms with Crippen LogP contribution in [0.25, 0.3) is 0 Å². The molecule has 1 heterocycles. The zero-order valence-corrected chi connectivity index (χ0v) is 12.1. The Hall–Kier alpha value is -2.19. The molecule has 0 aliphatic carbocycles. The molecule has 0 amide bonds. The topological polar surface area (TPSA) is 110 Å². The van der Waals surface area contributed by atoms with Crippen molar-refractivity contribution in [1.82, 2.24) is 9.88 Å². The quantitative estimate of drug-likeness (QED) is 0.835. The van der Waals surface area contributed by atoms with Crippen LogP contribution in [-0.2, 0) is 23.0 Å². The molecule has 0 saturated heterocycles. The highest BCUT2D eigenvalue weighted by molar-refractivity contribution is 7.89. The first-order valence-electron chi connectivity index (χ1n) is 6.19. The first kappa shape index (κ1) is 15.2. The van der Waals surface area contributed by atoms with Gasteiger partial charge < -0.3 is 9.63 Å². The van der Waals surface area contributed by atoms with Crippen molar-refractivity contribution in [2.24, 2.45) is 0 Å². The summed E-state index contributed by atoms with van der Waals surface area (Å²) < 4.78 is 31.2. The molecule has 0 radical (unpaired) electrons. The van der Waals surface area contributed by atoms with E-state index in [0.29, 0.717) is 17.7 Å². The van der Waals surface area contributed by atoms with E-state index in [4.69, 9.17) is 5.11 Å². The summed E-state index contributed by atoms with van der Waals surface area (Å²) in [5.74, 6) is -1.15. The molecule has 112 valence electrons. The van der Waals surface area contributed by atoms with Crippen molar-refractivity contribution in [2.45, 2.75) is 24.8 Å². The molecule has 0 aliphatic rings. The van der Waals surface area contributed by atoms with E-state index >= 15 is 0 Å². The van der Waals surface area contributed by atoms with Crippen molar-refractivity contribution < 1.29 is 22.8 Å². The lowest BCUT2D eigenvalue weighted by Gasteiger charge is -2.09. The van der Waals surface area contributed by atoms with E-state index in [2.05, 4.69) is 14.4 Å². The SMILES string of the molecule is CCc1ccc(S(=O)(=O)NCc2ccon2)cc1C(=O)O. The van der Waals surface area contributed by atoms with E-state index in [1.807, 2.05) is 0 Å². The highest BCUT2D eigenvalue weighted by Crippen LogP contribution is 2.17. The van der Waals surface area contributed by atoms with Gasteiger partial charge in [-0.15, -0.1) is 0 Å². The van der Waals surface area contributed by atoms with Crippen LogP contribution in [0.2, 0.25) is 0 Å². The number of nitrogens with one attached hydrogen (secondary N) is 1. The van der Waals surface area contributed by atoms with E-state index < -0.39 is 16.0 Å². The highest BCUT2D eigenvalue weighted by atomic mass is 32.2. The van der Waals surface area contributed by atoms with Crippen LogP contribution in [0.15, 0.2) is 39.9 Å². The number of aryl methyl sites for hydroxylation is 1. The lowest BCUT2D eigenvalue weighted by atomic mass is 10.1. The molecule has 0 bridgehead atoms. The van der Waals surface area contributed by atoms with Gasteiger partial charge in [-0.1, -0.05) is 18.1 Å². The number of aromatic carboxylic acids is 1. The average Bonchev–Trinajstić information content (AvgIpc) is 2.97. The van der Waals surface area contributed by atoms with E-state index in [1.54, 1.807) is 6.92 Å². The van der Waals surface area contributed by atoms with E-state index in [1.165, 1.54) is 24.5 Å². The maximum absolute atomic E-state index is 12.1. The molecule has 7 nitrogen and oxygen atoms in total. The van der Waals surface area contributed by atoms with Gasteiger partial charge in [-0.05, 0) is 24.1 Å². The van der Waals surface area contributed by atoms with Gasteiger partial charge in [0.1, 0.15) is 6.26 Å². The molecule has 0 atom stereocenters. The minimum absolute atomic E-state index is 0.0122. The number of carbonyl (C=O) groups is 1. The van der Waals surface area contributed by atoms with Crippen molar-refractivity contribution in [3.63, 3.8) is 0 Å². The van der Waals surface area contributed by atoms with Gasteiger partial charge in [0.05, 0.1) is 22.7 Å². The van der Waals surface area contributed by atoms with Crippen LogP contribution in [0.5, 0.6) is 0 Å². The van der Waals surface area contributed by atoms with Gasteiger partial charge in [0, 0.05) is 6.07 Å². The molecule has 0 fully saturated rings. The number of benzene rings is 1. The van der Waals surface area contributed by atoms with Crippen LogP contribution in [-0.4, -0.2) is 24.7 Å². The Morgan fingerprint density at radius 3 is 2.71 bits per heavy atom. The van der Waals surface area contributed by atoms with Crippen LogP contribution in [0.1, 0.15) is 28.5 Å². The Kier molecular flexibility index (Phi) is 4.39. The Labute approximate surface area is 121 Å². The Morgan fingerprint density at radius 2 is 2.14 bits per heavy atom. The van der Waals surface area contributed by atoms with Gasteiger partial charge in [-0.3, -0.25) is 0 Å². The van der Waals surface area contributed by atoms with Crippen molar-refractivity contribution >= 4 is 16.0 Å². The zero-order valence-electron chi connectivity index (χ0n) is 11.2. The van der Waals surface area contributed by atoms with E-state index in [9.17, 15) is 13.2 Å². The van der Waals surface area contributed by atoms with Gasteiger partial charge in [0.2, 0.25) is 10.0 Å².